The Labute approximate surface area is 128 Å². The highest BCUT2D eigenvalue weighted by molar-refractivity contribution is 5.40. The van der Waals surface area contributed by atoms with E-state index in [1.165, 1.54) is 0 Å². The second-order valence-electron chi connectivity index (χ2n) is 6.96. The van der Waals surface area contributed by atoms with Crippen molar-refractivity contribution in [2.24, 2.45) is 0 Å². The summed E-state index contributed by atoms with van der Waals surface area (Å²) in [6, 6.07) is 2.07. The Hall–Kier alpha value is -1.20. The van der Waals surface area contributed by atoms with Crippen LogP contribution in [0.25, 0.3) is 0 Å². The number of nitrogens with zero attached hydrogens (tertiary/aromatic N) is 4. The van der Waals surface area contributed by atoms with E-state index < -0.39 is 5.60 Å². The number of aliphatic hydroxyl groups is 1. The van der Waals surface area contributed by atoms with Crippen LogP contribution in [0.15, 0.2) is 6.07 Å². The number of anilines is 1. The van der Waals surface area contributed by atoms with Crippen molar-refractivity contribution in [3.8, 4) is 0 Å². The molecule has 2 heterocycles. The maximum atomic E-state index is 9.91. The van der Waals surface area contributed by atoms with E-state index in [0.717, 1.165) is 50.1 Å². The first kappa shape index (κ1) is 16.2. The van der Waals surface area contributed by atoms with Gasteiger partial charge in [-0.3, -0.25) is 4.90 Å². The monoisotopic (exact) mass is 292 g/mol. The first-order valence-electron chi connectivity index (χ1n) is 7.80. The average molecular weight is 292 g/mol. The fourth-order valence-electron chi connectivity index (χ4n) is 2.68. The van der Waals surface area contributed by atoms with Crippen LogP contribution in [0.5, 0.6) is 0 Å². The molecule has 1 saturated heterocycles. The van der Waals surface area contributed by atoms with Gasteiger partial charge in [0.05, 0.1) is 5.60 Å². The second-order valence-corrected chi connectivity index (χ2v) is 6.96. The Balaban J connectivity index is 2.02. The molecule has 0 atom stereocenters. The third kappa shape index (κ3) is 4.64. The molecule has 5 nitrogen and oxygen atoms in total. The van der Waals surface area contributed by atoms with Gasteiger partial charge >= 0.3 is 0 Å². The van der Waals surface area contributed by atoms with Gasteiger partial charge in [-0.25, -0.2) is 9.97 Å². The number of piperazine rings is 1. The summed E-state index contributed by atoms with van der Waals surface area (Å²) in [5, 5.41) is 9.91. The van der Waals surface area contributed by atoms with Crippen LogP contribution in [0.1, 0.15) is 45.1 Å². The molecule has 0 bridgehead atoms. The summed E-state index contributed by atoms with van der Waals surface area (Å²) in [7, 11) is 0. The Morgan fingerprint density at radius 3 is 2.33 bits per heavy atom. The molecular formula is C16H28N4O. The summed E-state index contributed by atoms with van der Waals surface area (Å²) in [5.41, 5.74) is 0.404. The minimum Gasteiger partial charge on any atom is -0.389 e. The molecule has 0 saturated carbocycles. The number of aromatic nitrogens is 2. The lowest BCUT2D eigenvalue weighted by Gasteiger charge is -2.38. The quantitative estimate of drug-likeness (QED) is 0.917. The van der Waals surface area contributed by atoms with Crippen LogP contribution in [-0.2, 0) is 0 Å². The molecule has 0 unspecified atom stereocenters. The minimum absolute atomic E-state index is 0.347. The Morgan fingerprint density at radius 2 is 1.81 bits per heavy atom. The highest BCUT2D eigenvalue weighted by atomic mass is 16.3. The van der Waals surface area contributed by atoms with Crippen molar-refractivity contribution in [3.63, 3.8) is 0 Å². The lowest BCUT2D eigenvalue weighted by atomic mass is 10.1. The van der Waals surface area contributed by atoms with E-state index in [9.17, 15) is 5.11 Å². The number of β-amino-alcohol motifs (C(OH)–C–C–N with tert-alkyl or cyclic N) is 1. The van der Waals surface area contributed by atoms with Gasteiger partial charge in [-0.2, -0.15) is 0 Å². The standard InChI is InChI=1S/C16H28N4O/c1-12(2)15-17-13(3)10-14(18-15)20-8-6-19(7-9-20)11-16(4,5)21/h10,12,21H,6-9,11H2,1-5H3. The predicted molar refractivity (Wildman–Crippen MR) is 85.8 cm³/mol. The molecule has 5 heteroatoms. The van der Waals surface area contributed by atoms with E-state index in [4.69, 9.17) is 4.98 Å². The van der Waals surface area contributed by atoms with Gasteiger partial charge in [-0.15, -0.1) is 0 Å². The topological polar surface area (TPSA) is 52.5 Å². The summed E-state index contributed by atoms with van der Waals surface area (Å²) < 4.78 is 0. The Bertz CT molecular complexity index is 474. The number of hydrogen-bond acceptors (Lipinski definition) is 5. The largest absolute Gasteiger partial charge is 0.389 e. The van der Waals surface area contributed by atoms with Gasteiger partial charge in [0.15, 0.2) is 0 Å². The van der Waals surface area contributed by atoms with Crippen LogP contribution in [0, 0.1) is 6.92 Å². The molecule has 2 rings (SSSR count). The molecule has 0 aromatic carbocycles. The first-order valence-corrected chi connectivity index (χ1v) is 7.80. The molecule has 0 aliphatic carbocycles. The van der Waals surface area contributed by atoms with Crippen LogP contribution in [0.4, 0.5) is 5.82 Å². The van der Waals surface area contributed by atoms with E-state index in [2.05, 4.69) is 34.7 Å². The Kier molecular flexibility index (Phi) is 4.84. The van der Waals surface area contributed by atoms with E-state index in [-0.39, 0.29) is 0 Å². The van der Waals surface area contributed by atoms with Crippen molar-refractivity contribution in [2.75, 3.05) is 37.6 Å². The molecule has 1 aliphatic heterocycles. The first-order chi connectivity index (χ1) is 9.74. The molecule has 118 valence electrons. The van der Waals surface area contributed by atoms with Gasteiger partial charge in [-0.1, -0.05) is 13.8 Å². The molecule has 1 fully saturated rings. The summed E-state index contributed by atoms with van der Waals surface area (Å²) in [5.74, 6) is 2.30. The molecule has 0 radical (unpaired) electrons. The van der Waals surface area contributed by atoms with Gasteiger partial charge in [0.1, 0.15) is 11.6 Å². The molecule has 1 N–H and O–H groups in total. The van der Waals surface area contributed by atoms with Crippen LogP contribution >= 0.6 is 0 Å². The van der Waals surface area contributed by atoms with Gasteiger partial charge in [0, 0.05) is 50.4 Å². The summed E-state index contributed by atoms with van der Waals surface area (Å²) in [4.78, 5) is 13.8. The van der Waals surface area contributed by atoms with Crippen LogP contribution in [0.2, 0.25) is 0 Å². The smallest absolute Gasteiger partial charge is 0.133 e. The van der Waals surface area contributed by atoms with Gasteiger partial charge in [0.25, 0.3) is 0 Å². The predicted octanol–water partition coefficient (Wildman–Crippen LogP) is 1.80. The maximum absolute atomic E-state index is 9.91. The van der Waals surface area contributed by atoms with Crippen molar-refractivity contribution >= 4 is 5.82 Å². The summed E-state index contributed by atoms with van der Waals surface area (Å²) in [6.07, 6.45) is 0. The average Bonchev–Trinajstić information content (AvgIpc) is 2.37. The molecule has 0 amide bonds. The number of aryl methyl sites for hydroxylation is 1. The minimum atomic E-state index is -0.627. The molecular weight excluding hydrogens is 264 g/mol. The molecule has 21 heavy (non-hydrogen) atoms. The normalized spacial score (nSPS) is 17.6. The van der Waals surface area contributed by atoms with Gasteiger partial charge in [-0.05, 0) is 20.8 Å². The zero-order valence-electron chi connectivity index (χ0n) is 13.9. The lowest BCUT2D eigenvalue weighted by Crippen LogP contribution is -2.50. The summed E-state index contributed by atoms with van der Waals surface area (Å²) in [6.45, 7) is 14.6. The van der Waals surface area contributed by atoms with Gasteiger partial charge < -0.3 is 10.0 Å². The third-order valence-corrected chi connectivity index (χ3v) is 3.68. The highest BCUT2D eigenvalue weighted by Gasteiger charge is 2.23. The van der Waals surface area contributed by atoms with Crippen molar-refractivity contribution in [1.29, 1.82) is 0 Å². The third-order valence-electron chi connectivity index (χ3n) is 3.68. The second kappa shape index (κ2) is 6.28. The van der Waals surface area contributed by atoms with Crippen molar-refractivity contribution in [1.82, 2.24) is 14.9 Å². The molecule has 1 aromatic rings. The zero-order chi connectivity index (χ0) is 15.6. The van der Waals surface area contributed by atoms with Crippen LogP contribution in [-0.4, -0.2) is 58.3 Å². The van der Waals surface area contributed by atoms with Crippen molar-refractivity contribution < 1.29 is 5.11 Å². The SMILES string of the molecule is Cc1cc(N2CCN(CC(C)(C)O)CC2)nc(C(C)C)n1. The number of hydrogen-bond donors (Lipinski definition) is 1. The maximum Gasteiger partial charge on any atom is 0.133 e. The van der Waals surface area contributed by atoms with E-state index in [1.54, 1.807) is 0 Å². The molecule has 1 aromatic heterocycles. The molecule has 0 spiro atoms. The summed E-state index contributed by atoms with van der Waals surface area (Å²) >= 11 is 0. The lowest BCUT2D eigenvalue weighted by molar-refractivity contribution is 0.0344. The van der Waals surface area contributed by atoms with E-state index in [0.29, 0.717) is 5.92 Å². The Morgan fingerprint density at radius 1 is 1.19 bits per heavy atom. The van der Waals surface area contributed by atoms with E-state index >= 15 is 0 Å². The van der Waals surface area contributed by atoms with Gasteiger partial charge in [0.2, 0.25) is 0 Å². The van der Waals surface area contributed by atoms with E-state index in [1.807, 2.05) is 20.8 Å². The van der Waals surface area contributed by atoms with Crippen molar-refractivity contribution in [3.05, 3.63) is 17.6 Å². The van der Waals surface area contributed by atoms with Crippen molar-refractivity contribution in [2.45, 2.75) is 46.1 Å². The molecule has 1 aliphatic rings. The van der Waals surface area contributed by atoms with Crippen LogP contribution in [0.3, 0.4) is 0 Å². The fraction of sp³-hybridized carbons (Fsp3) is 0.750. The highest BCUT2D eigenvalue weighted by Crippen LogP contribution is 2.19. The number of rotatable bonds is 4. The zero-order valence-corrected chi connectivity index (χ0v) is 13.9. The van der Waals surface area contributed by atoms with Crippen LogP contribution < -0.4 is 4.90 Å². The fourth-order valence-corrected chi connectivity index (χ4v) is 2.68.